The van der Waals surface area contributed by atoms with Crippen LogP contribution >= 0.6 is 11.6 Å². The van der Waals surface area contributed by atoms with E-state index in [1.807, 2.05) is 30.3 Å². The smallest absolute Gasteiger partial charge is 0.208 e. The highest BCUT2D eigenvalue weighted by Gasteiger charge is 2.52. The number of nitrogens with zero attached hydrogens (tertiary/aromatic N) is 3. The highest BCUT2D eigenvalue weighted by atomic mass is 35.5. The van der Waals surface area contributed by atoms with Crippen LogP contribution in [0.4, 0.5) is 0 Å². The molecular weight excluding hydrogens is 558 g/mol. The molecule has 0 bridgehead atoms. The Balaban J connectivity index is 1.25. The van der Waals surface area contributed by atoms with E-state index in [9.17, 15) is 0 Å². The lowest BCUT2D eigenvalue weighted by Gasteiger charge is -2.30. The maximum absolute atomic E-state index is 6.62. The minimum atomic E-state index is -0.429. The Labute approximate surface area is 260 Å². The van der Waals surface area contributed by atoms with Gasteiger partial charge in [-0.15, -0.1) is 0 Å². The van der Waals surface area contributed by atoms with Crippen molar-refractivity contribution < 1.29 is 0 Å². The Morgan fingerprint density at radius 1 is 0.364 bits per heavy atom. The summed E-state index contributed by atoms with van der Waals surface area (Å²) >= 11 is 6.62. The fourth-order valence-electron chi connectivity index (χ4n) is 7.37. The van der Waals surface area contributed by atoms with Crippen LogP contribution in [0.25, 0.3) is 56.2 Å². The Morgan fingerprint density at radius 3 is 1.52 bits per heavy atom. The lowest BCUT2D eigenvalue weighted by Crippen LogP contribution is -2.25. The highest BCUT2D eigenvalue weighted by molar-refractivity contribution is 6.28. The molecule has 0 saturated heterocycles. The summed E-state index contributed by atoms with van der Waals surface area (Å²) < 4.78 is 0. The van der Waals surface area contributed by atoms with Gasteiger partial charge in [-0.3, -0.25) is 0 Å². The molecule has 3 nitrogen and oxygen atoms in total. The van der Waals surface area contributed by atoms with Gasteiger partial charge in [0.25, 0.3) is 0 Å². The van der Waals surface area contributed by atoms with Gasteiger partial charge in [-0.2, -0.15) is 9.97 Å². The Kier molecular flexibility index (Phi) is 5.47. The molecule has 1 spiro atoms. The van der Waals surface area contributed by atoms with Gasteiger partial charge >= 0.3 is 0 Å². The molecule has 7 aromatic rings. The van der Waals surface area contributed by atoms with Crippen molar-refractivity contribution >= 4 is 11.6 Å². The maximum Gasteiger partial charge on any atom is 0.226 e. The van der Waals surface area contributed by atoms with E-state index in [2.05, 4.69) is 120 Å². The third-order valence-electron chi connectivity index (χ3n) is 9.12. The Morgan fingerprint density at radius 2 is 0.841 bits per heavy atom. The number of halogens is 1. The predicted octanol–water partition coefficient (Wildman–Crippen LogP) is 9.87. The summed E-state index contributed by atoms with van der Waals surface area (Å²) in [6.45, 7) is 0. The first-order valence-corrected chi connectivity index (χ1v) is 15.1. The van der Waals surface area contributed by atoms with Crippen molar-refractivity contribution in [2.24, 2.45) is 0 Å². The first kappa shape index (κ1) is 25.1. The van der Waals surface area contributed by atoms with Gasteiger partial charge in [-0.05, 0) is 67.2 Å². The molecule has 0 atom stereocenters. The zero-order chi connectivity index (χ0) is 29.3. The lowest BCUT2D eigenvalue weighted by atomic mass is 9.70. The van der Waals surface area contributed by atoms with E-state index in [1.165, 1.54) is 38.9 Å². The SMILES string of the molecule is Clc1nc(-c2ccc(-c3ccccc3)cc2)nc(-c2cccc3c2-c2ccccc2C32c3ccccc3-c3ccccc32)n1. The summed E-state index contributed by atoms with van der Waals surface area (Å²) in [6.07, 6.45) is 0. The summed E-state index contributed by atoms with van der Waals surface area (Å²) in [5.74, 6) is 1.12. The Hall–Kier alpha value is -5.38. The number of benzene rings is 6. The van der Waals surface area contributed by atoms with E-state index in [0.29, 0.717) is 11.6 Å². The number of hydrogen-bond donors (Lipinski definition) is 0. The zero-order valence-electron chi connectivity index (χ0n) is 23.6. The molecule has 0 aliphatic heterocycles. The maximum atomic E-state index is 6.62. The van der Waals surface area contributed by atoms with Crippen molar-refractivity contribution in [2.45, 2.75) is 5.41 Å². The summed E-state index contributed by atoms with van der Waals surface area (Å²) in [4.78, 5) is 14.3. The normalized spacial score (nSPS) is 13.3. The molecule has 0 radical (unpaired) electrons. The molecule has 2 aliphatic rings. The Bertz CT molecular complexity index is 2190. The van der Waals surface area contributed by atoms with E-state index >= 15 is 0 Å². The van der Waals surface area contributed by atoms with Crippen molar-refractivity contribution in [1.82, 2.24) is 15.0 Å². The fraction of sp³-hybridized carbons (Fsp3) is 0.0250. The van der Waals surface area contributed by atoms with E-state index in [0.717, 1.165) is 27.8 Å². The molecule has 206 valence electrons. The molecule has 1 heterocycles. The average molecular weight is 582 g/mol. The summed E-state index contributed by atoms with van der Waals surface area (Å²) in [7, 11) is 0. The van der Waals surface area contributed by atoms with Crippen LogP contribution in [-0.4, -0.2) is 15.0 Å². The van der Waals surface area contributed by atoms with Gasteiger partial charge in [0, 0.05) is 11.1 Å². The van der Waals surface area contributed by atoms with Crippen molar-refractivity contribution in [1.29, 1.82) is 0 Å². The molecule has 0 N–H and O–H groups in total. The van der Waals surface area contributed by atoms with Crippen molar-refractivity contribution in [3.8, 4) is 56.2 Å². The van der Waals surface area contributed by atoms with E-state index < -0.39 is 5.41 Å². The topological polar surface area (TPSA) is 38.7 Å². The summed E-state index contributed by atoms with van der Waals surface area (Å²) in [5, 5.41) is 0.173. The molecule has 9 rings (SSSR count). The van der Waals surface area contributed by atoms with Crippen LogP contribution in [0, 0.1) is 0 Å². The molecule has 1 aromatic heterocycles. The number of aromatic nitrogens is 3. The third-order valence-corrected chi connectivity index (χ3v) is 9.29. The van der Waals surface area contributed by atoms with Crippen LogP contribution in [0.2, 0.25) is 5.28 Å². The van der Waals surface area contributed by atoms with Crippen LogP contribution in [0.1, 0.15) is 22.3 Å². The molecule has 0 unspecified atom stereocenters. The minimum Gasteiger partial charge on any atom is -0.208 e. The van der Waals surface area contributed by atoms with E-state index in [-0.39, 0.29) is 5.28 Å². The van der Waals surface area contributed by atoms with Gasteiger partial charge in [0.05, 0.1) is 5.41 Å². The van der Waals surface area contributed by atoms with Gasteiger partial charge in [-0.1, -0.05) is 146 Å². The van der Waals surface area contributed by atoms with Crippen LogP contribution < -0.4 is 0 Å². The molecular formula is C40H24ClN3. The van der Waals surface area contributed by atoms with Gasteiger partial charge in [0.1, 0.15) is 0 Å². The highest BCUT2D eigenvalue weighted by Crippen LogP contribution is 2.63. The average Bonchev–Trinajstić information content (AvgIpc) is 3.56. The molecule has 4 heteroatoms. The standard InChI is InChI=1S/C40H24ClN3/c41-39-43-37(27-23-21-26(22-24-27)25-11-2-1-3-12-25)42-38(44-39)31-16-10-20-35-36(31)30-15-6-9-19-34(30)40(35)32-17-7-4-13-28(32)29-14-5-8-18-33(29)40/h1-24H. The van der Waals surface area contributed by atoms with Gasteiger partial charge < -0.3 is 0 Å². The molecule has 44 heavy (non-hydrogen) atoms. The van der Waals surface area contributed by atoms with Crippen LogP contribution in [-0.2, 0) is 5.41 Å². The largest absolute Gasteiger partial charge is 0.226 e. The molecule has 0 fully saturated rings. The summed E-state index contributed by atoms with van der Waals surface area (Å²) in [6, 6.07) is 51.5. The van der Waals surface area contributed by atoms with Crippen molar-refractivity contribution in [3.63, 3.8) is 0 Å². The van der Waals surface area contributed by atoms with Gasteiger partial charge in [-0.25, -0.2) is 4.98 Å². The van der Waals surface area contributed by atoms with Crippen molar-refractivity contribution in [3.05, 3.63) is 173 Å². The second-order valence-corrected chi connectivity index (χ2v) is 11.6. The minimum absolute atomic E-state index is 0.173. The molecule has 0 amide bonds. The molecule has 2 aliphatic carbocycles. The first-order valence-electron chi connectivity index (χ1n) is 14.7. The van der Waals surface area contributed by atoms with Crippen LogP contribution in [0.3, 0.4) is 0 Å². The second-order valence-electron chi connectivity index (χ2n) is 11.3. The number of fused-ring (bicyclic) bond motifs is 10. The first-order chi connectivity index (χ1) is 21.7. The summed E-state index contributed by atoms with van der Waals surface area (Å²) in [5.41, 5.74) is 13.7. The van der Waals surface area contributed by atoms with E-state index in [1.54, 1.807) is 0 Å². The van der Waals surface area contributed by atoms with E-state index in [4.69, 9.17) is 21.6 Å². The van der Waals surface area contributed by atoms with Gasteiger partial charge in [0.2, 0.25) is 5.28 Å². The van der Waals surface area contributed by atoms with Gasteiger partial charge in [0.15, 0.2) is 11.6 Å². The monoisotopic (exact) mass is 581 g/mol. The molecule has 0 saturated carbocycles. The predicted molar refractivity (Wildman–Crippen MR) is 177 cm³/mol. The number of hydrogen-bond acceptors (Lipinski definition) is 3. The van der Waals surface area contributed by atoms with Crippen LogP contribution in [0.15, 0.2) is 146 Å². The second kappa shape index (κ2) is 9.57. The third kappa shape index (κ3) is 3.48. The van der Waals surface area contributed by atoms with Crippen LogP contribution in [0.5, 0.6) is 0 Å². The van der Waals surface area contributed by atoms with Crippen molar-refractivity contribution in [2.75, 3.05) is 0 Å². The number of rotatable bonds is 3. The quantitative estimate of drug-likeness (QED) is 0.208. The zero-order valence-corrected chi connectivity index (χ0v) is 24.3. The lowest BCUT2D eigenvalue weighted by molar-refractivity contribution is 0.794. The fourth-order valence-corrected chi connectivity index (χ4v) is 7.53. The molecule has 6 aromatic carbocycles.